The van der Waals surface area contributed by atoms with Gasteiger partial charge in [0.1, 0.15) is 0 Å². The number of carboxylic acids is 1. The van der Waals surface area contributed by atoms with Crippen LogP contribution in [-0.4, -0.2) is 30.1 Å². The van der Waals surface area contributed by atoms with Gasteiger partial charge in [0.2, 0.25) is 0 Å². The van der Waals surface area contributed by atoms with Crippen molar-refractivity contribution in [3.63, 3.8) is 0 Å². The van der Waals surface area contributed by atoms with Gasteiger partial charge in [-0.2, -0.15) is 0 Å². The molecule has 24 heavy (non-hydrogen) atoms. The number of nitrogens with one attached hydrogen (secondary N) is 1. The van der Waals surface area contributed by atoms with Gasteiger partial charge in [-0.1, -0.05) is 18.9 Å². The summed E-state index contributed by atoms with van der Waals surface area (Å²) in [6.45, 7) is 1.85. The van der Waals surface area contributed by atoms with Crippen LogP contribution in [0.15, 0.2) is 35.7 Å². The van der Waals surface area contributed by atoms with Crippen molar-refractivity contribution in [3.8, 4) is 0 Å². The first-order valence-electron chi connectivity index (χ1n) is 8.12. The molecule has 5 nitrogen and oxygen atoms in total. The Hall–Kier alpha value is -2.34. The highest BCUT2D eigenvalue weighted by molar-refractivity contribution is 7.12. The minimum absolute atomic E-state index is 0.176. The molecule has 2 N–H and O–H groups in total. The first-order chi connectivity index (χ1) is 11.6. The Morgan fingerprint density at radius 2 is 1.83 bits per heavy atom. The second kappa shape index (κ2) is 7.49. The summed E-state index contributed by atoms with van der Waals surface area (Å²) in [6.07, 6.45) is 4.64. The monoisotopic (exact) mass is 344 g/mol. The molecule has 2 heterocycles. The van der Waals surface area contributed by atoms with Crippen molar-refractivity contribution in [1.29, 1.82) is 0 Å². The number of nitrogens with zero attached hydrogens (tertiary/aromatic N) is 1. The van der Waals surface area contributed by atoms with Gasteiger partial charge in [0.25, 0.3) is 5.91 Å². The summed E-state index contributed by atoms with van der Waals surface area (Å²) in [4.78, 5) is 26.5. The number of benzene rings is 1. The van der Waals surface area contributed by atoms with Crippen LogP contribution in [-0.2, 0) is 0 Å². The molecule has 126 valence electrons. The van der Waals surface area contributed by atoms with Gasteiger partial charge in [-0.3, -0.25) is 4.79 Å². The number of aromatic carboxylic acids is 1. The lowest BCUT2D eigenvalue weighted by atomic mass is 10.1. The van der Waals surface area contributed by atoms with E-state index in [1.54, 1.807) is 24.3 Å². The van der Waals surface area contributed by atoms with Gasteiger partial charge >= 0.3 is 5.97 Å². The second-order valence-electron chi connectivity index (χ2n) is 5.87. The van der Waals surface area contributed by atoms with Gasteiger partial charge in [-0.15, -0.1) is 11.3 Å². The predicted octanol–water partition coefficient (Wildman–Crippen LogP) is 4.08. The van der Waals surface area contributed by atoms with E-state index < -0.39 is 5.97 Å². The maximum Gasteiger partial charge on any atom is 0.335 e. The van der Waals surface area contributed by atoms with Crippen LogP contribution in [0.5, 0.6) is 0 Å². The zero-order valence-electron chi connectivity index (χ0n) is 13.3. The number of anilines is 2. The standard InChI is InChI=1S/C18H20N2O3S/c21-17(16-6-5-11-24-16)19-14-12-13(18(22)23)7-8-15(14)20-9-3-1-2-4-10-20/h5-8,11-12H,1-4,9-10H2,(H,19,21)(H,22,23). The third kappa shape index (κ3) is 3.76. The zero-order chi connectivity index (χ0) is 16.9. The molecule has 1 aromatic carbocycles. The van der Waals surface area contributed by atoms with Crippen LogP contribution in [0, 0.1) is 0 Å². The largest absolute Gasteiger partial charge is 0.478 e. The van der Waals surface area contributed by atoms with Crippen LogP contribution >= 0.6 is 11.3 Å². The molecule has 0 saturated carbocycles. The topological polar surface area (TPSA) is 69.6 Å². The maximum absolute atomic E-state index is 12.4. The van der Waals surface area contributed by atoms with Crippen molar-refractivity contribution < 1.29 is 14.7 Å². The summed E-state index contributed by atoms with van der Waals surface area (Å²) in [5.74, 6) is -1.20. The molecule has 0 atom stereocenters. The van der Waals surface area contributed by atoms with E-state index in [2.05, 4.69) is 10.2 Å². The van der Waals surface area contributed by atoms with E-state index >= 15 is 0 Å². The quantitative estimate of drug-likeness (QED) is 0.877. The molecule has 0 radical (unpaired) electrons. The molecular weight excluding hydrogens is 324 g/mol. The van der Waals surface area contributed by atoms with Gasteiger partial charge in [0, 0.05) is 13.1 Å². The molecule has 3 rings (SSSR count). The average Bonchev–Trinajstić information content (AvgIpc) is 2.98. The van der Waals surface area contributed by atoms with Crippen LogP contribution in [0.3, 0.4) is 0 Å². The summed E-state index contributed by atoms with van der Waals surface area (Å²) in [5, 5.41) is 14.0. The molecular formula is C18H20N2O3S. The predicted molar refractivity (Wildman–Crippen MR) is 96.4 cm³/mol. The first kappa shape index (κ1) is 16.5. The molecule has 1 aliphatic heterocycles. The number of hydrogen-bond donors (Lipinski definition) is 2. The number of carboxylic acid groups (broad SMARTS) is 1. The fourth-order valence-corrected chi connectivity index (χ4v) is 3.57. The molecule has 0 unspecified atom stereocenters. The smallest absolute Gasteiger partial charge is 0.335 e. The number of rotatable bonds is 4. The lowest BCUT2D eigenvalue weighted by Gasteiger charge is -2.25. The molecule has 1 aromatic heterocycles. The minimum Gasteiger partial charge on any atom is -0.478 e. The van der Waals surface area contributed by atoms with Crippen molar-refractivity contribution in [3.05, 3.63) is 46.2 Å². The zero-order valence-corrected chi connectivity index (χ0v) is 14.1. The second-order valence-corrected chi connectivity index (χ2v) is 6.82. The Morgan fingerprint density at radius 3 is 2.46 bits per heavy atom. The molecule has 0 spiro atoms. The molecule has 2 aromatic rings. The van der Waals surface area contributed by atoms with E-state index in [1.165, 1.54) is 24.2 Å². The molecule has 0 bridgehead atoms. The summed E-state index contributed by atoms with van der Waals surface area (Å²) < 4.78 is 0. The Labute approximate surface area is 144 Å². The third-order valence-corrected chi connectivity index (χ3v) is 5.05. The highest BCUT2D eigenvalue weighted by atomic mass is 32.1. The molecule has 6 heteroatoms. The Morgan fingerprint density at radius 1 is 1.08 bits per heavy atom. The number of carbonyl (C=O) groups is 2. The fourth-order valence-electron chi connectivity index (χ4n) is 2.95. The summed E-state index contributed by atoms with van der Waals surface area (Å²) in [6, 6.07) is 8.53. The van der Waals surface area contributed by atoms with Crippen LogP contribution in [0.4, 0.5) is 11.4 Å². The first-order valence-corrected chi connectivity index (χ1v) is 9.00. The maximum atomic E-state index is 12.4. The van der Waals surface area contributed by atoms with Gasteiger partial charge in [0.05, 0.1) is 21.8 Å². The lowest BCUT2D eigenvalue weighted by molar-refractivity contribution is 0.0696. The number of amides is 1. The Balaban J connectivity index is 1.92. The van der Waals surface area contributed by atoms with E-state index in [0.717, 1.165) is 31.6 Å². The van der Waals surface area contributed by atoms with Gasteiger partial charge in [0.15, 0.2) is 0 Å². The summed E-state index contributed by atoms with van der Waals surface area (Å²) in [7, 11) is 0. The lowest BCUT2D eigenvalue weighted by Crippen LogP contribution is -2.26. The van der Waals surface area contributed by atoms with Crippen molar-refractivity contribution in [1.82, 2.24) is 0 Å². The normalized spacial score (nSPS) is 14.9. The highest BCUT2D eigenvalue weighted by Gasteiger charge is 2.18. The molecule has 1 saturated heterocycles. The van der Waals surface area contributed by atoms with Crippen LogP contribution in [0.25, 0.3) is 0 Å². The number of carbonyl (C=O) groups excluding carboxylic acids is 1. The van der Waals surface area contributed by atoms with Crippen LogP contribution in [0.1, 0.15) is 45.7 Å². The molecule has 1 fully saturated rings. The molecule has 0 aliphatic carbocycles. The van der Waals surface area contributed by atoms with Crippen molar-refractivity contribution in [2.24, 2.45) is 0 Å². The van der Waals surface area contributed by atoms with Crippen LogP contribution < -0.4 is 10.2 Å². The third-order valence-electron chi connectivity index (χ3n) is 4.18. The van der Waals surface area contributed by atoms with E-state index in [-0.39, 0.29) is 11.5 Å². The van der Waals surface area contributed by atoms with E-state index in [4.69, 9.17) is 0 Å². The Kier molecular flexibility index (Phi) is 5.15. The van der Waals surface area contributed by atoms with E-state index in [1.807, 2.05) is 11.4 Å². The van der Waals surface area contributed by atoms with Gasteiger partial charge in [-0.05, 0) is 42.5 Å². The van der Waals surface area contributed by atoms with Crippen molar-refractivity contribution in [2.75, 3.05) is 23.3 Å². The summed E-state index contributed by atoms with van der Waals surface area (Å²) >= 11 is 1.36. The molecule has 1 aliphatic rings. The Bertz CT molecular complexity index is 720. The van der Waals surface area contributed by atoms with E-state index in [9.17, 15) is 14.7 Å². The van der Waals surface area contributed by atoms with Gasteiger partial charge in [-0.25, -0.2) is 4.79 Å². The summed E-state index contributed by atoms with van der Waals surface area (Å²) in [5.41, 5.74) is 1.64. The van der Waals surface area contributed by atoms with Crippen LogP contribution in [0.2, 0.25) is 0 Å². The van der Waals surface area contributed by atoms with Gasteiger partial charge < -0.3 is 15.3 Å². The minimum atomic E-state index is -0.996. The SMILES string of the molecule is O=C(O)c1ccc(N2CCCCCC2)c(NC(=O)c2cccs2)c1. The number of thiophene rings is 1. The fraction of sp³-hybridized carbons (Fsp3) is 0.333. The van der Waals surface area contributed by atoms with Crippen molar-refractivity contribution >= 4 is 34.6 Å². The molecule has 1 amide bonds. The average molecular weight is 344 g/mol. The highest BCUT2D eigenvalue weighted by Crippen LogP contribution is 2.30. The number of hydrogen-bond acceptors (Lipinski definition) is 4. The van der Waals surface area contributed by atoms with E-state index in [0.29, 0.717) is 10.6 Å². The van der Waals surface area contributed by atoms with Crippen molar-refractivity contribution in [2.45, 2.75) is 25.7 Å².